The van der Waals surface area contributed by atoms with Crippen molar-refractivity contribution in [3.05, 3.63) is 52.2 Å². The van der Waals surface area contributed by atoms with Gasteiger partial charge in [0.1, 0.15) is 0 Å². The Morgan fingerprint density at radius 3 is 2.48 bits per heavy atom. The van der Waals surface area contributed by atoms with Gasteiger partial charge in [0, 0.05) is 35.0 Å². The molecule has 6 heteroatoms. The molecule has 2 aromatic rings. The Morgan fingerprint density at radius 2 is 2.00 bits per heavy atom. The molecule has 1 heterocycles. The molecular weight excluding hydrogens is 292 g/mol. The topological polar surface area (TPSA) is 92.9 Å². The van der Waals surface area contributed by atoms with Crippen molar-refractivity contribution in [2.24, 2.45) is 11.1 Å². The fraction of sp³-hybridized carbons (Fsp3) is 0.412. The van der Waals surface area contributed by atoms with E-state index in [4.69, 9.17) is 5.73 Å². The fourth-order valence-electron chi connectivity index (χ4n) is 2.98. The molecule has 1 fully saturated rings. The number of hydrogen-bond acceptors (Lipinski definition) is 3. The molecular formula is C17H22N4O2. The summed E-state index contributed by atoms with van der Waals surface area (Å²) in [5.74, 6) is -0.111. The fourth-order valence-corrected chi connectivity index (χ4v) is 2.98. The van der Waals surface area contributed by atoms with E-state index < -0.39 is 0 Å². The van der Waals surface area contributed by atoms with Crippen molar-refractivity contribution < 1.29 is 4.79 Å². The van der Waals surface area contributed by atoms with E-state index in [1.807, 2.05) is 6.92 Å². The molecule has 1 aliphatic rings. The number of hydrogen-bond donors (Lipinski definition) is 3. The zero-order valence-electron chi connectivity index (χ0n) is 13.6. The third-order valence-electron chi connectivity index (χ3n) is 5.00. The highest BCUT2D eigenvalue weighted by molar-refractivity contribution is 5.94. The summed E-state index contributed by atoms with van der Waals surface area (Å²) in [5.41, 5.74) is 7.83. The molecule has 0 aliphatic heterocycles. The molecule has 1 amide bonds. The maximum atomic E-state index is 12.3. The molecule has 3 rings (SSSR count). The van der Waals surface area contributed by atoms with Crippen molar-refractivity contribution >= 4 is 5.91 Å². The Morgan fingerprint density at radius 1 is 1.35 bits per heavy atom. The number of aromatic nitrogens is 2. The number of rotatable bonds is 3. The molecule has 4 N–H and O–H groups in total. The van der Waals surface area contributed by atoms with Crippen molar-refractivity contribution in [3.8, 4) is 5.69 Å². The number of H-pyrrole nitrogens is 1. The van der Waals surface area contributed by atoms with Crippen LogP contribution in [0.3, 0.4) is 0 Å². The minimum atomic E-state index is -0.190. The molecule has 0 saturated heterocycles. The standard InChI is InChI=1S/C17H22N4O2/c1-10-9-19-16(23)21(10)12-6-4-11(5-7-12)15(22)20-14-8-13(18)17(14,2)3/h4-7,9,13-14H,8,18H2,1-3H3,(H,19,23)(H,20,22). The molecule has 1 saturated carbocycles. The van der Waals surface area contributed by atoms with Crippen LogP contribution in [-0.2, 0) is 0 Å². The van der Waals surface area contributed by atoms with Gasteiger partial charge in [-0.1, -0.05) is 13.8 Å². The molecule has 0 bridgehead atoms. The number of benzene rings is 1. The number of imidazole rings is 1. The van der Waals surface area contributed by atoms with E-state index >= 15 is 0 Å². The monoisotopic (exact) mass is 314 g/mol. The molecule has 0 radical (unpaired) electrons. The summed E-state index contributed by atoms with van der Waals surface area (Å²) in [7, 11) is 0. The summed E-state index contributed by atoms with van der Waals surface area (Å²) in [6, 6.07) is 7.23. The van der Waals surface area contributed by atoms with Crippen LogP contribution in [0.5, 0.6) is 0 Å². The van der Waals surface area contributed by atoms with Crippen molar-refractivity contribution in [3.63, 3.8) is 0 Å². The van der Waals surface area contributed by atoms with E-state index in [0.717, 1.165) is 17.8 Å². The first-order valence-corrected chi connectivity index (χ1v) is 7.74. The smallest absolute Gasteiger partial charge is 0.330 e. The van der Waals surface area contributed by atoms with Gasteiger partial charge in [0.05, 0.1) is 5.69 Å². The number of nitrogens with one attached hydrogen (secondary N) is 2. The highest BCUT2D eigenvalue weighted by atomic mass is 16.2. The van der Waals surface area contributed by atoms with Crippen molar-refractivity contribution in [1.82, 2.24) is 14.9 Å². The molecule has 2 unspecified atom stereocenters. The molecule has 1 aromatic carbocycles. The van der Waals surface area contributed by atoms with Crippen LogP contribution in [0.4, 0.5) is 0 Å². The summed E-state index contributed by atoms with van der Waals surface area (Å²) in [4.78, 5) is 26.8. The first kappa shape index (κ1) is 15.6. The van der Waals surface area contributed by atoms with E-state index in [1.165, 1.54) is 0 Å². The molecule has 2 atom stereocenters. The summed E-state index contributed by atoms with van der Waals surface area (Å²) in [6.45, 7) is 5.98. The maximum absolute atomic E-state index is 12.3. The van der Waals surface area contributed by atoms with Gasteiger partial charge < -0.3 is 16.0 Å². The summed E-state index contributed by atoms with van der Waals surface area (Å²) >= 11 is 0. The predicted molar refractivity (Wildman–Crippen MR) is 88.8 cm³/mol. The van der Waals surface area contributed by atoms with E-state index in [0.29, 0.717) is 5.56 Å². The van der Waals surface area contributed by atoms with Crippen LogP contribution in [0, 0.1) is 12.3 Å². The first-order valence-electron chi connectivity index (χ1n) is 7.74. The SMILES string of the molecule is Cc1c[nH]c(=O)n1-c1ccc(C(=O)NC2CC(N)C2(C)C)cc1. The minimum Gasteiger partial charge on any atom is -0.349 e. The lowest BCUT2D eigenvalue weighted by atomic mass is 9.63. The molecule has 0 spiro atoms. The minimum absolute atomic E-state index is 0.0782. The zero-order chi connectivity index (χ0) is 16.8. The van der Waals surface area contributed by atoms with E-state index in [-0.39, 0.29) is 29.1 Å². The second kappa shape index (κ2) is 5.38. The van der Waals surface area contributed by atoms with Gasteiger partial charge in [-0.2, -0.15) is 0 Å². The quantitative estimate of drug-likeness (QED) is 0.798. The van der Waals surface area contributed by atoms with Crippen LogP contribution in [-0.4, -0.2) is 27.5 Å². The second-order valence-corrected chi connectivity index (χ2v) is 6.81. The highest BCUT2D eigenvalue weighted by Crippen LogP contribution is 2.39. The number of carbonyl (C=O) groups excluding carboxylic acids is 1. The van der Waals surface area contributed by atoms with Crippen LogP contribution >= 0.6 is 0 Å². The summed E-state index contributed by atoms with van der Waals surface area (Å²) < 4.78 is 1.57. The summed E-state index contributed by atoms with van der Waals surface area (Å²) in [6.07, 6.45) is 2.46. The lowest BCUT2D eigenvalue weighted by Gasteiger charge is -2.50. The first-order chi connectivity index (χ1) is 10.8. The number of nitrogens with zero attached hydrogens (tertiary/aromatic N) is 1. The van der Waals surface area contributed by atoms with Gasteiger partial charge in [0.15, 0.2) is 0 Å². The van der Waals surface area contributed by atoms with E-state index in [1.54, 1.807) is 35.0 Å². The normalized spacial score (nSPS) is 22.4. The van der Waals surface area contributed by atoms with Gasteiger partial charge in [-0.15, -0.1) is 0 Å². The van der Waals surface area contributed by atoms with Gasteiger partial charge >= 0.3 is 5.69 Å². The van der Waals surface area contributed by atoms with Crippen LogP contribution in [0.1, 0.15) is 36.3 Å². The zero-order valence-corrected chi connectivity index (χ0v) is 13.6. The lowest BCUT2D eigenvalue weighted by Crippen LogP contribution is -2.64. The van der Waals surface area contributed by atoms with Gasteiger partial charge in [0.25, 0.3) is 5.91 Å². The molecule has 23 heavy (non-hydrogen) atoms. The Labute approximate surface area is 134 Å². The van der Waals surface area contributed by atoms with Gasteiger partial charge in [-0.25, -0.2) is 4.79 Å². The van der Waals surface area contributed by atoms with Crippen molar-refractivity contribution in [1.29, 1.82) is 0 Å². The number of amides is 1. The van der Waals surface area contributed by atoms with E-state index in [2.05, 4.69) is 24.1 Å². The number of aryl methyl sites for hydroxylation is 1. The third kappa shape index (κ3) is 2.59. The third-order valence-corrected chi connectivity index (χ3v) is 5.00. The highest BCUT2D eigenvalue weighted by Gasteiger charge is 2.46. The average Bonchev–Trinajstić information content (AvgIpc) is 2.86. The second-order valence-electron chi connectivity index (χ2n) is 6.81. The maximum Gasteiger partial charge on any atom is 0.330 e. The largest absolute Gasteiger partial charge is 0.349 e. The average molecular weight is 314 g/mol. The van der Waals surface area contributed by atoms with Gasteiger partial charge in [0.2, 0.25) is 0 Å². The van der Waals surface area contributed by atoms with Gasteiger partial charge in [-0.05, 0) is 37.6 Å². The Bertz CT molecular complexity index is 786. The molecule has 6 nitrogen and oxygen atoms in total. The van der Waals surface area contributed by atoms with E-state index in [9.17, 15) is 9.59 Å². The Balaban J connectivity index is 1.75. The van der Waals surface area contributed by atoms with Crippen LogP contribution in [0.15, 0.2) is 35.3 Å². The molecule has 122 valence electrons. The lowest BCUT2D eigenvalue weighted by molar-refractivity contribution is 0.0586. The predicted octanol–water partition coefficient (Wildman–Crippen LogP) is 1.33. The number of nitrogens with two attached hydrogens (primary N) is 1. The van der Waals surface area contributed by atoms with Crippen LogP contribution in [0.25, 0.3) is 5.69 Å². The van der Waals surface area contributed by atoms with Crippen molar-refractivity contribution in [2.75, 3.05) is 0 Å². The van der Waals surface area contributed by atoms with Gasteiger partial charge in [-0.3, -0.25) is 9.36 Å². The van der Waals surface area contributed by atoms with Crippen LogP contribution < -0.4 is 16.7 Å². The Hall–Kier alpha value is -2.34. The Kier molecular flexibility index (Phi) is 3.64. The van der Waals surface area contributed by atoms with Crippen LogP contribution in [0.2, 0.25) is 0 Å². The molecule has 1 aliphatic carbocycles. The number of aromatic amines is 1. The molecule has 1 aromatic heterocycles. The van der Waals surface area contributed by atoms with Crippen molar-refractivity contribution in [2.45, 2.75) is 39.3 Å². The summed E-state index contributed by atoms with van der Waals surface area (Å²) in [5, 5.41) is 3.04. The number of carbonyl (C=O) groups is 1.